The molecular weight excluding hydrogens is 392 g/mol. The summed E-state index contributed by atoms with van der Waals surface area (Å²) in [4.78, 5) is 41.4. The summed E-state index contributed by atoms with van der Waals surface area (Å²) in [6.07, 6.45) is 3.79. The van der Waals surface area contributed by atoms with Crippen molar-refractivity contribution in [2.75, 3.05) is 13.1 Å². The van der Waals surface area contributed by atoms with Crippen LogP contribution in [-0.4, -0.2) is 46.9 Å². The number of carbonyl (C=O) groups excluding carboxylic acids is 3. The zero-order chi connectivity index (χ0) is 21.6. The number of fused-ring (bicyclic) bond motifs is 1. The molecule has 1 fully saturated rings. The molecule has 1 saturated heterocycles. The SMILES string of the molecule is O=C(CC[C@@H]1NC(=O)N(CCc2ccccc2)C1=O)NCCc1c[nH]c2ccccc12. The molecule has 0 bridgehead atoms. The number of nitrogens with one attached hydrogen (secondary N) is 3. The fourth-order valence-corrected chi connectivity index (χ4v) is 3.91. The van der Waals surface area contributed by atoms with Gasteiger partial charge in [0.05, 0.1) is 0 Å². The summed E-state index contributed by atoms with van der Waals surface area (Å²) >= 11 is 0. The van der Waals surface area contributed by atoms with E-state index in [4.69, 9.17) is 0 Å². The van der Waals surface area contributed by atoms with Crippen LogP contribution < -0.4 is 10.6 Å². The van der Waals surface area contributed by atoms with Crippen molar-refractivity contribution in [2.24, 2.45) is 0 Å². The number of aromatic nitrogens is 1. The third kappa shape index (κ3) is 4.94. The first-order chi connectivity index (χ1) is 15.1. The Hall–Kier alpha value is -3.61. The molecule has 1 atom stereocenters. The van der Waals surface area contributed by atoms with Crippen molar-refractivity contribution < 1.29 is 14.4 Å². The highest BCUT2D eigenvalue weighted by molar-refractivity contribution is 6.04. The van der Waals surface area contributed by atoms with E-state index in [0.717, 1.165) is 28.5 Å². The molecule has 7 heteroatoms. The van der Waals surface area contributed by atoms with E-state index < -0.39 is 6.04 Å². The Kier molecular flexibility index (Phi) is 6.31. The second-order valence-corrected chi connectivity index (χ2v) is 7.73. The van der Waals surface area contributed by atoms with Crippen molar-refractivity contribution in [1.82, 2.24) is 20.5 Å². The fourth-order valence-electron chi connectivity index (χ4n) is 3.91. The molecule has 7 nitrogen and oxygen atoms in total. The Bertz CT molecular complexity index is 1080. The molecule has 0 saturated carbocycles. The maximum absolute atomic E-state index is 12.6. The highest BCUT2D eigenvalue weighted by atomic mass is 16.2. The summed E-state index contributed by atoms with van der Waals surface area (Å²) in [5.74, 6) is -0.378. The van der Waals surface area contributed by atoms with Gasteiger partial charge in [0.2, 0.25) is 5.91 Å². The number of urea groups is 1. The Balaban J connectivity index is 1.20. The summed E-state index contributed by atoms with van der Waals surface area (Å²) in [7, 11) is 0. The van der Waals surface area contributed by atoms with Crippen LogP contribution in [0, 0.1) is 0 Å². The van der Waals surface area contributed by atoms with Crippen LogP contribution in [0.1, 0.15) is 24.0 Å². The summed E-state index contributed by atoms with van der Waals surface area (Å²) in [6, 6.07) is 16.8. The molecule has 2 heterocycles. The molecule has 2 aromatic carbocycles. The maximum Gasteiger partial charge on any atom is 0.324 e. The van der Waals surface area contributed by atoms with Gasteiger partial charge in [-0.3, -0.25) is 14.5 Å². The lowest BCUT2D eigenvalue weighted by molar-refractivity contribution is -0.127. The average Bonchev–Trinajstić information content (AvgIpc) is 3.32. The van der Waals surface area contributed by atoms with Crippen LogP contribution in [0.25, 0.3) is 10.9 Å². The van der Waals surface area contributed by atoms with Gasteiger partial charge < -0.3 is 15.6 Å². The molecule has 1 aromatic heterocycles. The first-order valence-corrected chi connectivity index (χ1v) is 10.6. The van der Waals surface area contributed by atoms with Crippen LogP contribution in [0.2, 0.25) is 0 Å². The second-order valence-electron chi connectivity index (χ2n) is 7.73. The van der Waals surface area contributed by atoms with Crippen molar-refractivity contribution >= 4 is 28.7 Å². The van der Waals surface area contributed by atoms with Crippen LogP contribution >= 0.6 is 0 Å². The third-order valence-electron chi connectivity index (χ3n) is 5.63. The minimum atomic E-state index is -0.636. The van der Waals surface area contributed by atoms with E-state index in [1.165, 1.54) is 4.90 Å². The van der Waals surface area contributed by atoms with E-state index >= 15 is 0 Å². The molecule has 0 aliphatic carbocycles. The monoisotopic (exact) mass is 418 g/mol. The summed E-state index contributed by atoms with van der Waals surface area (Å²) in [5, 5.41) is 6.76. The number of amides is 4. The smallest absolute Gasteiger partial charge is 0.324 e. The standard InChI is InChI=1S/C24H26N4O3/c29-22(25-14-12-18-16-26-20-9-5-4-8-19(18)20)11-10-21-23(30)28(24(31)27-21)15-13-17-6-2-1-3-7-17/h1-9,16,21,26H,10-15H2,(H,25,29)(H,27,31)/t21-/m0/s1. The van der Waals surface area contributed by atoms with Gasteiger partial charge in [0.15, 0.2) is 0 Å². The molecule has 0 spiro atoms. The first-order valence-electron chi connectivity index (χ1n) is 10.6. The predicted molar refractivity (Wildman–Crippen MR) is 118 cm³/mol. The Labute approximate surface area is 180 Å². The van der Waals surface area contributed by atoms with Gasteiger partial charge >= 0.3 is 6.03 Å². The van der Waals surface area contributed by atoms with Gasteiger partial charge in [0.1, 0.15) is 6.04 Å². The molecule has 3 aromatic rings. The van der Waals surface area contributed by atoms with E-state index in [1.54, 1.807) is 0 Å². The number of hydrogen-bond donors (Lipinski definition) is 3. The van der Waals surface area contributed by atoms with Gasteiger partial charge in [-0.25, -0.2) is 4.79 Å². The molecule has 1 aliphatic heterocycles. The van der Waals surface area contributed by atoms with Gasteiger partial charge in [0.25, 0.3) is 5.91 Å². The van der Waals surface area contributed by atoms with Crippen molar-refractivity contribution in [1.29, 1.82) is 0 Å². The molecule has 3 N–H and O–H groups in total. The maximum atomic E-state index is 12.6. The highest BCUT2D eigenvalue weighted by Gasteiger charge is 2.37. The van der Waals surface area contributed by atoms with E-state index in [9.17, 15) is 14.4 Å². The Morgan fingerprint density at radius 3 is 2.61 bits per heavy atom. The molecule has 4 amide bonds. The van der Waals surface area contributed by atoms with Crippen LogP contribution in [0.15, 0.2) is 60.8 Å². The number of benzene rings is 2. The van der Waals surface area contributed by atoms with E-state index in [1.807, 2.05) is 54.7 Å². The van der Waals surface area contributed by atoms with Gasteiger partial charge in [-0.2, -0.15) is 0 Å². The highest BCUT2D eigenvalue weighted by Crippen LogP contribution is 2.18. The third-order valence-corrected chi connectivity index (χ3v) is 5.63. The summed E-state index contributed by atoms with van der Waals surface area (Å²) in [6.45, 7) is 0.858. The van der Waals surface area contributed by atoms with E-state index in [0.29, 0.717) is 25.9 Å². The number of aromatic amines is 1. The molecule has 0 radical (unpaired) electrons. The van der Waals surface area contributed by atoms with Crippen molar-refractivity contribution in [3.05, 3.63) is 71.9 Å². The minimum Gasteiger partial charge on any atom is -0.361 e. The van der Waals surface area contributed by atoms with Gasteiger partial charge in [-0.05, 0) is 36.5 Å². The quantitative estimate of drug-likeness (QED) is 0.467. The number of imide groups is 1. The number of H-pyrrole nitrogens is 1. The van der Waals surface area contributed by atoms with Crippen molar-refractivity contribution in [3.63, 3.8) is 0 Å². The topological polar surface area (TPSA) is 94.3 Å². The summed E-state index contributed by atoms with van der Waals surface area (Å²) < 4.78 is 0. The van der Waals surface area contributed by atoms with Crippen LogP contribution in [0.5, 0.6) is 0 Å². The Morgan fingerprint density at radius 1 is 1.00 bits per heavy atom. The number of hydrogen-bond acceptors (Lipinski definition) is 3. The predicted octanol–water partition coefficient (Wildman–Crippen LogP) is 2.77. The summed E-state index contributed by atoms with van der Waals surface area (Å²) in [5.41, 5.74) is 3.31. The average molecular weight is 418 g/mol. The van der Waals surface area contributed by atoms with Crippen molar-refractivity contribution in [2.45, 2.75) is 31.7 Å². The number of para-hydroxylation sites is 1. The lowest BCUT2D eigenvalue weighted by Crippen LogP contribution is -2.34. The van der Waals surface area contributed by atoms with Gasteiger partial charge in [0, 0.05) is 36.6 Å². The number of carbonyl (C=O) groups is 3. The zero-order valence-corrected chi connectivity index (χ0v) is 17.3. The molecule has 4 rings (SSSR count). The van der Waals surface area contributed by atoms with Crippen LogP contribution in [0.4, 0.5) is 4.79 Å². The van der Waals surface area contributed by atoms with E-state index in [2.05, 4.69) is 21.7 Å². The Morgan fingerprint density at radius 2 is 1.77 bits per heavy atom. The minimum absolute atomic E-state index is 0.121. The molecule has 160 valence electrons. The largest absolute Gasteiger partial charge is 0.361 e. The molecular formula is C24H26N4O3. The van der Waals surface area contributed by atoms with E-state index in [-0.39, 0.29) is 24.3 Å². The molecule has 0 unspecified atom stereocenters. The normalized spacial score (nSPS) is 16.0. The lowest BCUT2D eigenvalue weighted by atomic mass is 10.1. The van der Waals surface area contributed by atoms with Crippen LogP contribution in [0.3, 0.4) is 0 Å². The lowest BCUT2D eigenvalue weighted by Gasteiger charge is -2.13. The molecule has 31 heavy (non-hydrogen) atoms. The van der Waals surface area contributed by atoms with Crippen LogP contribution in [-0.2, 0) is 22.4 Å². The zero-order valence-electron chi connectivity index (χ0n) is 17.3. The second kappa shape index (κ2) is 9.47. The molecule has 1 aliphatic rings. The fraction of sp³-hybridized carbons (Fsp3) is 0.292. The first kappa shape index (κ1) is 20.7. The van der Waals surface area contributed by atoms with Crippen molar-refractivity contribution in [3.8, 4) is 0 Å². The van der Waals surface area contributed by atoms with Gasteiger partial charge in [-0.15, -0.1) is 0 Å². The number of nitrogens with zero attached hydrogens (tertiary/aromatic N) is 1. The number of rotatable bonds is 9. The van der Waals surface area contributed by atoms with Gasteiger partial charge in [-0.1, -0.05) is 48.5 Å².